The van der Waals surface area contributed by atoms with E-state index in [2.05, 4.69) is 21.5 Å². The highest BCUT2D eigenvalue weighted by Gasteiger charge is 2.29. The van der Waals surface area contributed by atoms with Crippen LogP contribution in [0.2, 0.25) is 0 Å². The fraction of sp³-hybridized carbons (Fsp3) is 0.314. The Hall–Kier alpha value is -5.34. The van der Waals surface area contributed by atoms with E-state index in [1.807, 2.05) is 57.2 Å². The van der Waals surface area contributed by atoms with E-state index in [9.17, 15) is 19.6 Å². The molecule has 0 atom stereocenters. The highest BCUT2D eigenvalue weighted by molar-refractivity contribution is 6.09. The minimum atomic E-state index is -0.641. The molecule has 1 saturated heterocycles. The van der Waals surface area contributed by atoms with Crippen LogP contribution >= 0.6 is 0 Å². The molecule has 46 heavy (non-hydrogen) atoms. The number of rotatable bonds is 6. The molecule has 0 aliphatic carbocycles. The molecule has 6 rings (SSSR count). The molecule has 2 aliphatic heterocycles. The summed E-state index contributed by atoms with van der Waals surface area (Å²) in [5.74, 6) is 0.209. The van der Waals surface area contributed by atoms with Gasteiger partial charge in [0, 0.05) is 49.7 Å². The van der Waals surface area contributed by atoms with Crippen molar-refractivity contribution in [3.8, 4) is 17.3 Å². The van der Waals surface area contributed by atoms with Crippen molar-refractivity contribution in [1.82, 2.24) is 19.7 Å². The van der Waals surface area contributed by atoms with Crippen LogP contribution in [-0.4, -0.2) is 64.3 Å². The standard InChI is InChI=1S/C35H35N7O4/c1-22-26(6-5-7-30(22)42-13-12-23-18-25(35(2,3)21-36)9-10-27(23)33(42)44)28-19-29(34(45)40(4)39-28)38-31-11-8-24(20-37-31)32(43)41-14-16-46-17-15-41/h5-11,18-20H,12-17H2,1-4H3,(H,37,38). The molecule has 0 radical (unpaired) electrons. The Bertz CT molecular complexity index is 1940. The normalized spacial score (nSPS) is 14.9. The van der Waals surface area contributed by atoms with Crippen molar-refractivity contribution in [3.05, 3.63) is 99.0 Å². The monoisotopic (exact) mass is 617 g/mol. The smallest absolute Gasteiger partial charge is 0.290 e. The average molecular weight is 618 g/mol. The van der Waals surface area contributed by atoms with Crippen LogP contribution in [0.3, 0.4) is 0 Å². The van der Waals surface area contributed by atoms with Crippen LogP contribution in [0.1, 0.15) is 51.3 Å². The number of nitrogens with zero attached hydrogens (tertiary/aromatic N) is 6. The van der Waals surface area contributed by atoms with Gasteiger partial charge in [-0.25, -0.2) is 9.67 Å². The first kappa shape index (κ1) is 30.7. The predicted molar refractivity (Wildman–Crippen MR) is 174 cm³/mol. The summed E-state index contributed by atoms with van der Waals surface area (Å²) in [6.45, 7) is 8.29. The molecule has 0 bridgehead atoms. The van der Waals surface area contributed by atoms with E-state index in [0.717, 1.165) is 27.9 Å². The molecule has 1 fully saturated rings. The van der Waals surface area contributed by atoms with Crippen molar-refractivity contribution < 1.29 is 14.3 Å². The highest BCUT2D eigenvalue weighted by Crippen LogP contribution is 2.34. The largest absolute Gasteiger partial charge is 0.378 e. The minimum absolute atomic E-state index is 0.0970. The first-order valence-corrected chi connectivity index (χ1v) is 15.2. The second-order valence-electron chi connectivity index (χ2n) is 12.1. The minimum Gasteiger partial charge on any atom is -0.378 e. The first-order chi connectivity index (χ1) is 22.1. The van der Waals surface area contributed by atoms with Crippen LogP contribution in [0.5, 0.6) is 0 Å². The topological polar surface area (TPSA) is 133 Å². The van der Waals surface area contributed by atoms with Gasteiger partial charge in [-0.1, -0.05) is 24.3 Å². The molecule has 11 nitrogen and oxygen atoms in total. The number of carbonyl (C=O) groups excluding carboxylic acids is 2. The van der Waals surface area contributed by atoms with Crippen LogP contribution < -0.4 is 15.8 Å². The van der Waals surface area contributed by atoms with E-state index >= 15 is 0 Å². The number of pyridine rings is 1. The number of nitriles is 1. The number of hydrogen-bond donors (Lipinski definition) is 1. The third kappa shape index (κ3) is 5.75. The molecule has 11 heteroatoms. The third-order valence-corrected chi connectivity index (χ3v) is 8.69. The van der Waals surface area contributed by atoms with Crippen molar-refractivity contribution in [3.63, 3.8) is 0 Å². The van der Waals surface area contributed by atoms with Crippen molar-refractivity contribution in [2.45, 2.75) is 32.6 Å². The van der Waals surface area contributed by atoms with Crippen LogP contribution in [0.4, 0.5) is 17.2 Å². The number of anilines is 3. The maximum Gasteiger partial charge on any atom is 0.290 e. The lowest BCUT2D eigenvalue weighted by Crippen LogP contribution is -2.40. The van der Waals surface area contributed by atoms with E-state index in [1.165, 1.54) is 10.9 Å². The summed E-state index contributed by atoms with van der Waals surface area (Å²) in [6, 6.07) is 18.7. The van der Waals surface area contributed by atoms with Crippen LogP contribution in [0.15, 0.2) is 65.6 Å². The number of hydrogen-bond acceptors (Lipinski definition) is 8. The Morgan fingerprint density at radius 3 is 2.52 bits per heavy atom. The summed E-state index contributed by atoms with van der Waals surface area (Å²) in [4.78, 5) is 47.5. The van der Waals surface area contributed by atoms with Crippen molar-refractivity contribution >= 4 is 29.0 Å². The highest BCUT2D eigenvalue weighted by atomic mass is 16.5. The number of nitrogens with one attached hydrogen (secondary N) is 1. The molecule has 0 unspecified atom stereocenters. The zero-order valence-corrected chi connectivity index (χ0v) is 26.3. The van der Waals surface area contributed by atoms with Gasteiger partial charge in [0.1, 0.15) is 11.5 Å². The molecule has 2 aromatic carbocycles. The Labute approximate surface area is 267 Å². The lowest BCUT2D eigenvalue weighted by molar-refractivity contribution is 0.0302. The van der Waals surface area contributed by atoms with Gasteiger partial charge in [-0.05, 0) is 74.2 Å². The summed E-state index contributed by atoms with van der Waals surface area (Å²) < 4.78 is 6.60. The third-order valence-electron chi connectivity index (χ3n) is 8.69. The van der Waals surface area contributed by atoms with Crippen molar-refractivity contribution in [2.24, 2.45) is 7.05 Å². The molecule has 4 aromatic rings. The summed E-state index contributed by atoms with van der Waals surface area (Å²) in [7, 11) is 1.58. The van der Waals surface area contributed by atoms with Crippen LogP contribution in [0.25, 0.3) is 11.3 Å². The molecule has 2 aliphatic rings. The van der Waals surface area contributed by atoms with Gasteiger partial charge in [-0.15, -0.1) is 0 Å². The number of morpholine rings is 1. The van der Waals surface area contributed by atoms with E-state index in [1.54, 1.807) is 35.0 Å². The Morgan fingerprint density at radius 2 is 1.80 bits per heavy atom. The molecule has 4 heterocycles. The van der Waals surface area contributed by atoms with Gasteiger partial charge in [0.25, 0.3) is 17.4 Å². The number of aryl methyl sites for hydroxylation is 1. The quantitative estimate of drug-likeness (QED) is 0.337. The predicted octanol–water partition coefficient (Wildman–Crippen LogP) is 4.37. The molecule has 234 valence electrons. The SMILES string of the molecule is Cc1c(-c2cc(Nc3ccc(C(=O)N4CCOCC4)cn3)c(=O)n(C)n2)cccc1N1CCc2cc(C(C)(C)C#N)ccc2C1=O. The maximum absolute atomic E-state index is 13.7. The second-order valence-corrected chi connectivity index (χ2v) is 12.1. The fourth-order valence-corrected chi connectivity index (χ4v) is 5.88. The summed E-state index contributed by atoms with van der Waals surface area (Å²) >= 11 is 0. The van der Waals surface area contributed by atoms with Gasteiger partial charge in [0.2, 0.25) is 0 Å². The maximum atomic E-state index is 13.7. The number of fused-ring (bicyclic) bond motifs is 1. The van der Waals surface area contributed by atoms with E-state index in [0.29, 0.717) is 61.9 Å². The molecule has 2 amide bonds. The second kappa shape index (κ2) is 12.2. The molecule has 1 N–H and O–H groups in total. The lowest BCUT2D eigenvalue weighted by Gasteiger charge is -2.31. The summed E-state index contributed by atoms with van der Waals surface area (Å²) in [6.07, 6.45) is 2.16. The summed E-state index contributed by atoms with van der Waals surface area (Å²) in [5.41, 5.74) is 5.17. The van der Waals surface area contributed by atoms with Crippen molar-refractivity contribution in [2.75, 3.05) is 43.1 Å². The Balaban J connectivity index is 1.26. The van der Waals surface area contributed by atoms with Crippen LogP contribution in [0, 0.1) is 18.3 Å². The van der Waals surface area contributed by atoms with Gasteiger partial charge in [-0.2, -0.15) is 10.4 Å². The summed E-state index contributed by atoms with van der Waals surface area (Å²) in [5, 5.41) is 17.2. The van der Waals surface area contributed by atoms with Gasteiger partial charge in [0.15, 0.2) is 0 Å². The van der Waals surface area contributed by atoms with Gasteiger partial charge in [0.05, 0.1) is 36.0 Å². The number of benzene rings is 2. The molecular formula is C35H35N7O4. The van der Waals surface area contributed by atoms with Crippen LogP contribution in [-0.2, 0) is 23.6 Å². The Kier molecular flexibility index (Phi) is 8.15. The fourth-order valence-electron chi connectivity index (χ4n) is 5.88. The average Bonchev–Trinajstić information content (AvgIpc) is 3.07. The van der Waals surface area contributed by atoms with E-state index in [4.69, 9.17) is 4.74 Å². The lowest BCUT2D eigenvalue weighted by atomic mass is 9.83. The number of ether oxygens (including phenoxy) is 1. The zero-order valence-electron chi connectivity index (χ0n) is 26.3. The van der Waals surface area contributed by atoms with Gasteiger partial charge < -0.3 is 19.9 Å². The molecular weight excluding hydrogens is 582 g/mol. The number of aromatic nitrogens is 3. The van der Waals surface area contributed by atoms with Gasteiger partial charge in [-0.3, -0.25) is 14.4 Å². The Morgan fingerprint density at radius 1 is 1.02 bits per heavy atom. The first-order valence-electron chi connectivity index (χ1n) is 15.2. The zero-order chi connectivity index (χ0) is 32.6. The number of carbonyl (C=O) groups is 2. The molecule has 2 aromatic heterocycles. The number of amides is 2. The van der Waals surface area contributed by atoms with Gasteiger partial charge >= 0.3 is 0 Å². The molecule has 0 spiro atoms. The molecule has 0 saturated carbocycles. The van der Waals surface area contributed by atoms with E-state index in [-0.39, 0.29) is 23.1 Å². The van der Waals surface area contributed by atoms with E-state index < -0.39 is 5.41 Å². The van der Waals surface area contributed by atoms with Crippen molar-refractivity contribution in [1.29, 1.82) is 5.26 Å².